The van der Waals surface area contributed by atoms with Crippen LogP contribution in [0.2, 0.25) is 0 Å². The van der Waals surface area contributed by atoms with Crippen LogP contribution in [-0.4, -0.2) is 25.4 Å². The molecule has 4 aromatic rings. The fourth-order valence-electron chi connectivity index (χ4n) is 3.13. The molecule has 0 saturated carbocycles. The van der Waals surface area contributed by atoms with Crippen molar-refractivity contribution in [2.45, 2.75) is 6.92 Å². The van der Waals surface area contributed by atoms with Crippen LogP contribution in [0.1, 0.15) is 16.2 Å². The molecule has 0 aliphatic carbocycles. The third-order valence-corrected chi connectivity index (χ3v) is 4.59. The predicted octanol–water partition coefficient (Wildman–Crippen LogP) is 3.39. The van der Waals surface area contributed by atoms with Gasteiger partial charge in [0.15, 0.2) is 5.65 Å². The number of nitrogens with one attached hydrogen (secondary N) is 1. The van der Waals surface area contributed by atoms with Crippen molar-refractivity contribution in [1.29, 1.82) is 0 Å². The fraction of sp³-hybridized carbons (Fsp3) is 0.0476. The molecule has 2 aromatic carbocycles. The Balaban J connectivity index is 1.74. The SMILES string of the molecule is Cc1nc2ncccc2c(=O)n1-c1ccc(F)c(NC(=O)c2cccc([N+](=O)[O-])c2)c1. The van der Waals surface area contributed by atoms with Crippen LogP contribution in [0.15, 0.2) is 65.6 Å². The summed E-state index contributed by atoms with van der Waals surface area (Å²) < 4.78 is 15.7. The van der Waals surface area contributed by atoms with Crippen molar-refractivity contribution in [3.05, 3.63) is 98.5 Å². The molecule has 0 radical (unpaired) electrons. The Morgan fingerprint density at radius 1 is 1.16 bits per heavy atom. The summed E-state index contributed by atoms with van der Waals surface area (Å²) in [6.45, 7) is 1.61. The lowest BCUT2D eigenvalue weighted by Gasteiger charge is -2.13. The Hall–Kier alpha value is -4.47. The number of aromatic nitrogens is 3. The van der Waals surface area contributed by atoms with Crippen LogP contribution >= 0.6 is 0 Å². The average Bonchev–Trinajstić information content (AvgIpc) is 2.76. The molecule has 2 heterocycles. The normalized spacial score (nSPS) is 10.8. The largest absolute Gasteiger partial charge is 0.319 e. The lowest BCUT2D eigenvalue weighted by Crippen LogP contribution is -2.23. The van der Waals surface area contributed by atoms with E-state index in [2.05, 4.69) is 15.3 Å². The van der Waals surface area contributed by atoms with Crippen LogP contribution in [0.4, 0.5) is 15.8 Å². The van der Waals surface area contributed by atoms with Gasteiger partial charge in [-0.2, -0.15) is 0 Å². The molecule has 31 heavy (non-hydrogen) atoms. The molecule has 0 aliphatic heterocycles. The van der Waals surface area contributed by atoms with E-state index in [1.54, 1.807) is 19.1 Å². The second kappa shape index (κ2) is 7.75. The van der Waals surface area contributed by atoms with Crippen molar-refractivity contribution in [2.75, 3.05) is 5.32 Å². The number of carbonyl (C=O) groups excluding carboxylic acids is 1. The maximum atomic E-state index is 14.4. The van der Waals surface area contributed by atoms with Crippen LogP contribution in [-0.2, 0) is 0 Å². The monoisotopic (exact) mass is 419 g/mol. The highest BCUT2D eigenvalue weighted by molar-refractivity contribution is 6.04. The highest BCUT2D eigenvalue weighted by Crippen LogP contribution is 2.21. The van der Waals surface area contributed by atoms with Gasteiger partial charge in [0.2, 0.25) is 0 Å². The third-order valence-electron chi connectivity index (χ3n) is 4.59. The van der Waals surface area contributed by atoms with Gasteiger partial charge < -0.3 is 5.32 Å². The van der Waals surface area contributed by atoms with Gasteiger partial charge in [-0.25, -0.2) is 14.4 Å². The highest BCUT2D eigenvalue weighted by Gasteiger charge is 2.16. The summed E-state index contributed by atoms with van der Waals surface area (Å²) in [5, 5.41) is 13.6. The quantitative estimate of drug-likeness (QED) is 0.400. The number of hydrogen-bond acceptors (Lipinski definition) is 6. The number of halogens is 1. The smallest absolute Gasteiger partial charge is 0.270 e. The van der Waals surface area contributed by atoms with Crippen LogP contribution in [0.3, 0.4) is 0 Å². The number of anilines is 1. The molecule has 1 amide bonds. The molecule has 2 aromatic heterocycles. The molecule has 4 rings (SSSR count). The molecule has 0 spiro atoms. The van der Waals surface area contributed by atoms with E-state index in [1.807, 2.05) is 0 Å². The van der Waals surface area contributed by atoms with Crippen LogP contribution in [0, 0.1) is 22.9 Å². The molecule has 0 bridgehead atoms. The van der Waals surface area contributed by atoms with E-state index in [4.69, 9.17) is 0 Å². The van der Waals surface area contributed by atoms with Crippen molar-refractivity contribution < 1.29 is 14.1 Å². The van der Waals surface area contributed by atoms with Crippen LogP contribution in [0.5, 0.6) is 0 Å². The molecule has 10 heteroatoms. The van der Waals surface area contributed by atoms with Gasteiger partial charge in [-0.1, -0.05) is 6.07 Å². The molecule has 1 N–H and O–H groups in total. The van der Waals surface area contributed by atoms with Gasteiger partial charge in [0, 0.05) is 23.9 Å². The zero-order chi connectivity index (χ0) is 22.1. The van der Waals surface area contributed by atoms with Gasteiger partial charge in [0.05, 0.1) is 21.7 Å². The molecule has 0 atom stereocenters. The van der Waals surface area contributed by atoms with E-state index in [9.17, 15) is 24.1 Å². The molecule has 0 aliphatic rings. The molecule has 9 nitrogen and oxygen atoms in total. The summed E-state index contributed by atoms with van der Waals surface area (Å²) in [6.07, 6.45) is 1.53. The van der Waals surface area contributed by atoms with E-state index >= 15 is 0 Å². The van der Waals surface area contributed by atoms with Crippen molar-refractivity contribution in [3.63, 3.8) is 0 Å². The zero-order valence-corrected chi connectivity index (χ0v) is 16.1. The zero-order valence-electron chi connectivity index (χ0n) is 16.1. The number of non-ortho nitro benzene ring substituents is 1. The number of rotatable bonds is 4. The maximum absolute atomic E-state index is 14.4. The minimum absolute atomic E-state index is 0.00852. The Labute approximate surface area is 174 Å². The molecular formula is C21H14FN5O4. The number of nitrogens with zero attached hydrogens (tertiary/aromatic N) is 4. The van der Waals surface area contributed by atoms with E-state index in [-0.39, 0.29) is 22.6 Å². The summed E-state index contributed by atoms with van der Waals surface area (Å²) in [4.78, 5) is 44.1. The van der Waals surface area contributed by atoms with Crippen molar-refractivity contribution in [2.24, 2.45) is 0 Å². The average molecular weight is 419 g/mol. The van der Waals surface area contributed by atoms with Crippen molar-refractivity contribution >= 4 is 28.3 Å². The van der Waals surface area contributed by atoms with E-state index in [0.717, 1.165) is 12.1 Å². The Bertz CT molecular complexity index is 1420. The lowest BCUT2D eigenvalue weighted by atomic mass is 10.1. The number of amides is 1. The summed E-state index contributed by atoms with van der Waals surface area (Å²) >= 11 is 0. The van der Waals surface area contributed by atoms with E-state index in [1.165, 1.54) is 41.1 Å². The summed E-state index contributed by atoms with van der Waals surface area (Å²) in [7, 11) is 0. The highest BCUT2D eigenvalue weighted by atomic mass is 19.1. The molecule has 0 fully saturated rings. The van der Waals surface area contributed by atoms with Gasteiger partial charge in [0.1, 0.15) is 11.6 Å². The molecule has 0 unspecified atom stereocenters. The predicted molar refractivity (Wildman–Crippen MR) is 111 cm³/mol. The van der Waals surface area contributed by atoms with Gasteiger partial charge >= 0.3 is 0 Å². The van der Waals surface area contributed by atoms with E-state index in [0.29, 0.717) is 16.9 Å². The number of nitro benzene ring substituents is 1. The van der Waals surface area contributed by atoms with Crippen LogP contribution in [0.25, 0.3) is 16.7 Å². The standard InChI is InChI=1S/C21H14FN5O4/c1-12-24-19-16(6-3-9-23-19)21(29)26(12)14-7-8-17(22)18(11-14)25-20(28)13-4-2-5-15(10-13)27(30)31/h2-11H,1H3,(H,25,28). The van der Waals surface area contributed by atoms with Gasteiger partial charge in [-0.3, -0.25) is 24.3 Å². The third kappa shape index (κ3) is 3.73. The molecule has 154 valence electrons. The second-order valence-corrected chi connectivity index (χ2v) is 6.60. The number of nitro groups is 1. The number of carbonyl (C=O) groups is 1. The number of fused-ring (bicyclic) bond motifs is 1. The first-order valence-electron chi connectivity index (χ1n) is 9.05. The first-order valence-corrected chi connectivity index (χ1v) is 9.05. The number of benzene rings is 2. The summed E-state index contributed by atoms with van der Waals surface area (Å²) in [5.41, 5.74) is -0.269. The van der Waals surface area contributed by atoms with Gasteiger partial charge in [-0.05, 0) is 43.3 Å². The van der Waals surface area contributed by atoms with Crippen molar-refractivity contribution in [3.8, 4) is 5.69 Å². The minimum Gasteiger partial charge on any atom is -0.319 e. The van der Waals surface area contributed by atoms with Gasteiger partial charge in [0.25, 0.3) is 17.2 Å². The Morgan fingerprint density at radius 3 is 2.74 bits per heavy atom. The lowest BCUT2D eigenvalue weighted by molar-refractivity contribution is -0.384. The van der Waals surface area contributed by atoms with E-state index < -0.39 is 22.2 Å². The molecular weight excluding hydrogens is 405 g/mol. The summed E-state index contributed by atoms with van der Waals surface area (Å²) in [5.74, 6) is -1.13. The first kappa shape index (κ1) is 19.8. The minimum atomic E-state index is -0.733. The van der Waals surface area contributed by atoms with Crippen LogP contribution < -0.4 is 10.9 Å². The fourth-order valence-corrected chi connectivity index (χ4v) is 3.13. The topological polar surface area (TPSA) is 120 Å². The Kier molecular flexibility index (Phi) is 4.96. The number of hydrogen-bond donors (Lipinski definition) is 1. The maximum Gasteiger partial charge on any atom is 0.270 e. The molecule has 0 saturated heterocycles. The van der Waals surface area contributed by atoms with Gasteiger partial charge in [-0.15, -0.1) is 0 Å². The number of pyridine rings is 1. The van der Waals surface area contributed by atoms with Crippen molar-refractivity contribution in [1.82, 2.24) is 14.5 Å². The summed E-state index contributed by atoms with van der Waals surface area (Å²) in [6, 6.07) is 12.1. The number of aryl methyl sites for hydroxylation is 1. The second-order valence-electron chi connectivity index (χ2n) is 6.60. The Morgan fingerprint density at radius 2 is 1.97 bits per heavy atom. The first-order chi connectivity index (χ1) is 14.8.